The average Bonchev–Trinajstić information content (AvgIpc) is 2.58. The molecule has 0 radical (unpaired) electrons. The molecule has 0 rings (SSSR count). The van der Waals surface area contributed by atoms with Crippen LogP contribution >= 0.6 is 15.6 Å². The zero-order valence-electron chi connectivity index (χ0n) is 16.5. The van der Waals surface area contributed by atoms with E-state index < -0.39 is 15.6 Å². The Morgan fingerprint density at radius 1 is 0.630 bits per heavy atom. The van der Waals surface area contributed by atoms with E-state index in [0.29, 0.717) is 12.8 Å². The predicted molar refractivity (Wildman–Crippen MR) is 102 cm³/mol. The van der Waals surface area contributed by atoms with Gasteiger partial charge in [0, 0.05) is 0 Å². The van der Waals surface area contributed by atoms with E-state index in [1.54, 1.807) is 0 Å². The highest BCUT2D eigenvalue weighted by Crippen LogP contribution is 2.61. The molecule has 0 unspecified atom stereocenters. The molecular formula is C16H36O9P2. The highest BCUT2D eigenvalue weighted by Gasteiger charge is 2.39. The van der Waals surface area contributed by atoms with E-state index in [4.69, 9.17) is 19.6 Å². The van der Waals surface area contributed by atoms with E-state index in [0.717, 1.165) is 51.4 Å². The van der Waals surface area contributed by atoms with Crippen molar-refractivity contribution >= 4 is 15.6 Å². The summed E-state index contributed by atoms with van der Waals surface area (Å²) >= 11 is 0. The summed E-state index contributed by atoms with van der Waals surface area (Å²) in [6.45, 7) is 4.46. The first kappa shape index (κ1) is 27.2. The number of hydrogen-bond donors (Lipinski definition) is 2. The summed E-state index contributed by atoms with van der Waals surface area (Å²) < 4.78 is 36.2. The fraction of sp³-hybridized carbons (Fsp3) is 1.00. The lowest BCUT2D eigenvalue weighted by Gasteiger charge is -2.15. The molecule has 11 heteroatoms. The molecule has 0 aliphatic rings. The summed E-state index contributed by atoms with van der Waals surface area (Å²) in [6, 6.07) is 0. The number of phosphoric acid groups is 2. The van der Waals surface area contributed by atoms with Crippen molar-refractivity contribution < 1.29 is 42.4 Å². The SMILES string of the molecule is CCCCCCCCOOP(=O)(OOCCCCCCCC)OP(=O)(O)O. The minimum atomic E-state index is -5.11. The van der Waals surface area contributed by atoms with Crippen molar-refractivity contribution in [2.24, 2.45) is 0 Å². The molecule has 0 atom stereocenters. The monoisotopic (exact) mass is 434 g/mol. The Kier molecular flexibility index (Phi) is 17.2. The van der Waals surface area contributed by atoms with Gasteiger partial charge in [0.05, 0.1) is 13.2 Å². The molecule has 0 aromatic heterocycles. The van der Waals surface area contributed by atoms with Crippen LogP contribution in [-0.4, -0.2) is 23.0 Å². The van der Waals surface area contributed by atoms with E-state index in [2.05, 4.69) is 27.5 Å². The van der Waals surface area contributed by atoms with Crippen LogP contribution in [0.25, 0.3) is 0 Å². The van der Waals surface area contributed by atoms with E-state index in [1.807, 2.05) is 0 Å². The van der Waals surface area contributed by atoms with Crippen LogP contribution < -0.4 is 0 Å². The third-order valence-corrected chi connectivity index (χ3v) is 5.88. The van der Waals surface area contributed by atoms with Crippen molar-refractivity contribution in [2.75, 3.05) is 13.2 Å². The van der Waals surface area contributed by atoms with Gasteiger partial charge in [-0.1, -0.05) is 78.1 Å². The predicted octanol–water partition coefficient (Wildman–Crippen LogP) is 5.82. The Labute approximate surface area is 162 Å². The van der Waals surface area contributed by atoms with Crippen LogP contribution in [-0.2, 0) is 32.6 Å². The van der Waals surface area contributed by atoms with Crippen molar-refractivity contribution in [2.45, 2.75) is 90.9 Å². The first-order valence-electron chi connectivity index (χ1n) is 9.82. The second kappa shape index (κ2) is 17.1. The van der Waals surface area contributed by atoms with Crippen LogP contribution in [0.1, 0.15) is 90.9 Å². The van der Waals surface area contributed by atoms with E-state index >= 15 is 0 Å². The molecular weight excluding hydrogens is 398 g/mol. The lowest BCUT2D eigenvalue weighted by Crippen LogP contribution is -2.03. The Morgan fingerprint density at radius 2 is 1.00 bits per heavy atom. The first-order chi connectivity index (χ1) is 12.8. The van der Waals surface area contributed by atoms with Gasteiger partial charge in [0.25, 0.3) is 0 Å². The molecule has 0 saturated carbocycles. The Balaban J connectivity index is 4.03. The smallest absolute Gasteiger partial charge is 0.302 e. The molecule has 2 N–H and O–H groups in total. The van der Waals surface area contributed by atoms with Crippen LogP contribution in [0.2, 0.25) is 0 Å². The van der Waals surface area contributed by atoms with Crippen LogP contribution in [0.3, 0.4) is 0 Å². The van der Waals surface area contributed by atoms with Crippen LogP contribution in [0.15, 0.2) is 0 Å². The van der Waals surface area contributed by atoms with Crippen molar-refractivity contribution in [1.29, 1.82) is 0 Å². The Hall–Kier alpha value is 0.180. The summed E-state index contributed by atoms with van der Waals surface area (Å²) in [4.78, 5) is 27.2. The maximum atomic E-state index is 12.2. The maximum absolute atomic E-state index is 12.2. The molecule has 0 aliphatic carbocycles. The van der Waals surface area contributed by atoms with Gasteiger partial charge in [0.1, 0.15) is 0 Å². The van der Waals surface area contributed by atoms with E-state index in [9.17, 15) is 9.13 Å². The molecule has 0 aliphatic heterocycles. The Bertz CT molecular complexity index is 404. The quantitative estimate of drug-likeness (QED) is 0.106. The summed E-state index contributed by atoms with van der Waals surface area (Å²) in [6.07, 6.45) is 12.1. The van der Waals surface area contributed by atoms with Gasteiger partial charge in [-0.05, 0) is 12.8 Å². The molecule has 0 fully saturated rings. The van der Waals surface area contributed by atoms with Gasteiger partial charge in [-0.25, -0.2) is 18.9 Å². The van der Waals surface area contributed by atoms with Crippen LogP contribution in [0.4, 0.5) is 0 Å². The van der Waals surface area contributed by atoms with Gasteiger partial charge in [0.2, 0.25) is 0 Å². The first-order valence-corrected chi connectivity index (χ1v) is 12.8. The van der Waals surface area contributed by atoms with Crippen LogP contribution in [0, 0.1) is 0 Å². The highest BCUT2D eigenvalue weighted by molar-refractivity contribution is 7.61. The average molecular weight is 434 g/mol. The van der Waals surface area contributed by atoms with Gasteiger partial charge >= 0.3 is 15.6 Å². The molecule has 164 valence electrons. The number of unbranched alkanes of at least 4 members (excludes halogenated alkanes) is 10. The zero-order chi connectivity index (χ0) is 20.4. The van der Waals surface area contributed by atoms with Crippen molar-refractivity contribution in [3.63, 3.8) is 0 Å². The van der Waals surface area contributed by atoms with Gasteiger partial charge in [-0.3, -0.25) is 0 Å². The lowest BCUT2D eigenvalue weighted by atomic mass is 10.1. The normalized spacial score (nSPS) is 12.6. The summed E-state index contributed by atoms with van der Waals surface area (Å²) in [7, 11) is -9.79. The highest BCUT2D eigenvalue weighted by atomic mass is 31.3. The Morgan fingerprint density at radius 3 is 1.37 bits per heavy atom. The van der Waals surface area contributed by atoms with Gasteiger partial charge in [-0.15, -0.1) is 9.35 Å². The molecule has 0 aromatic carbocycles. The number of hydrogen-bond acceptors (Lipinski definition) is 7. The molecule has 0 heterocycles. The molecule has 0 amide bonds. The summed E-state index contributed by atoms with van der Waals surface area (Å²) in [5.41, 5.74) is 0. The topological polar surface area (TPSA) is 121 Å². The number of rotatable bonds is 20. The van der Waals surface area contributed by atoms with Crippen molar-refractivity contribution in [3.05, 3.63) is 0 Å². The zero-order valence-corrected chi connectivity index (χ0v) is 18.3. The van der Waals surface area contributed by atoms with E-state index in [1.165, 1.54) is 12.8 Å². The molecule has 0 bridgehead atoms. The van der Waals surface area contributed by atoms with Crippen LogP contribution in [0.5, 0.6) is 0 Å². The minimum Gasteiger partial charge on any atom is -0.302 e. The van der Waals surface area contributed by atoms with E-state index in [-0.39, 0.29) is 13.2 Å². The molecule has 27 heavy (non-hydrogen) atoms. The lowest BCUT2D eigenvalue weighted by molar-refractivity contribution is -0.278. The van der Waals surface area contributed by atoms with Crippen molar-refractivity contribution in [1.82, 2.24) is 0 Å². The van der Waals surface area contributed by atoms with Gasteiger partial charge in [-0.2, -0.15) is 4.31 Å². The van der Waals surface area contributed by atoms with Gasteiger partial charge in [0.15, 0.2) is 0 Å². The third kappa shape index (κ3) is 19.3. The summed E-state index contributed by atoms with van der Waals surface area (Å²) in [5, 5.41) is 0. The third-order valence-electron chi connectivity index (χ3n) is 3.66. The maximum Gasteiger partial charge on any atom is 0.538 e. The van der Waals surface area contributed by atoms with Gasteiger partial charge < -0.3 is 9.79 Å². The summed E-state index contributed by atoms with van der Waals surface area (Å²) in [5.74, 6) is 0. The molecule has 0 saturated heterocycles. The second-order valence-corrected chi connectivity index (χ2v) is 9.17. The fourth-order valence-corrected chi connectivity index (χ4v) is 3.95. The fourth-order valence-electron chi connectivity index (χ4n) is 2.26. The largest absolute Gasteiger partial charge is 0.538 e. The molecule has 0 spiro atoms. The second-order valence-electron chi connectivity index (χ2n) is 6.35. The standard InChI is InChI=1S/C16H36O9P2/c1-3-5-7-9-11-13-15-21-23-27(20,25-26(17,18)19)24-22-16-14-12-10-8-6-4-2/h3-16H2,1-2H3,(H2,17,18,19). The minimum absolute atomic E-state index is 0.0986. The molecule has 0 aromatic rings. The molecule has 9 nitrogen and oxygen atoms in total. The van der Waals surface area contributed by atoms with Crippen molar-refractivity contribution in [3.8, 4) is 0 Å².